The lowest BCUT2D eigenvalue weighted by molar-refractivity contribution is -0.0319. The number of fused-ring (bicyclic) bond motifs is 1. The van der Waals surface area contributed by atoms with E-state index in [-0.39, 0.29) is 24.3 Å². The summed E-state index contributed by atoms with van der Waals surface area (Å²) >= 11 is 0. The van der Waals surface area contributed by atoms with Gasteiger partial charge in [0.1, 0.15) is 27.6 Å². The minimum Gasteiger partial charge on any atom is -0.382 e. The van der Waals surface area contributed by atoms with Crippen molar-refractivity contribution in [3.8, 4) is 0 Å². The Morgan fingerprint density at radius 1 is 1.12 bits per heavy atom. The Labute approximate surface area is 247 Å². The number of methoxy groups -OCH3 is 1. The summed E-state index contributed by atoms with van der Waals surface area (Å²) < 4.78 is 49.2. The van der Waals surface area contributed by atoms with E-state index in [2.05, 4.69) is 53.1 Å². The second-order valence-corrected chi connectivity index (χ2v) is 13.9. The van der Waals surface area contributed by atoms with Crippen LogP contribution in [0.3, 0.4) is 0 Å². The molecule has 0 amide bonds. The molecule has 5 rings (SSSR count). The molecule has 2 fully saturated rings. The van der Waals surface area contributed by atoms with Crippen molar-refractivity contribution in [3.05, 3.63) is 42.2 Å². The van der Waals surface area contributed by atoms with Gasteiger partial charge in [0.15, 0.2) is 0 Å². The third-order valence-electron chi connectivity index (χ3n) is 8.25. The molecule has 2 aromatic heterocycles. The number of hydrogen-bond acceptors (Lipinski definition) is 10. The second kappa shape index (κ2) is 12.6. The summed E-state index contributed by atoms with van der Waals surface area (Å²) in [6.07, 6.45) is 3.79. The summed E-state index contributed by atoms with van der Waals surface area (Å²) in [6, 6.07) is 8.21. The number of pyridine rings is 1. The average Bonchev–Trinajstić information content (AvgIpc) is 2.95. The van der Waals surface area contributed by atoms with Crippen molar-refractivity contribution < 1.29 is 22.3 Å². The molecule has 0 bridgehead atoms. The van der Waals surface area contributed by atoms with Gasteiger partial charge < -0.3 is 24.6 Å². The Bertz CT molecular complexity index is 1510. The first-order chi connectivity index (χ1) is 20.0. The minimum atomic E-state index is -3.03. The Hall–Kier alpha value is -3.09. The van der Waals surface area contributed by atoms with Crippen LogP contribution in [0.15, 0.2) is 36.7 Å². The zero-order valence-corrected chi connectivity index (χ0v) is 25.8. The molecule has 4 heterocycles. The van der Waals surface area contributed by atoms with Gasteiger partial charge in [0.2, 0.25) is 5.95 Å². The zero-order chi connectivity index (χ0) is 30.0. The van der Waals surface area contributed by atoms with Crippen LogP contribution >= 0.6 is 0 Å². The molecule has 42 heavy (non-hydrogen) atoms. The van der Waals surface area contributed by atoms with Gasteiger partial charge >= 0.3 is 0 Å². The fourth-order valence-corrected chi connectivity index (χ4v) is 7.05. The molecule has 10 nitrogen and oxygen atoms in total. The van der Waals surface area contributed by atoms with Crippen LogP contribution in [0.4, 0.5) is 27.7 Å². The Morgan fingerprint density at radius 3 is 2.62 bits per heavy atom. The van der Waals surface area contributed by atoms with Crippen LogP contribution in [0.2, 0.25) is 0 Å². The van der Waals surface area contributed by atoms with Crippen LogP contribution in [0.25, 0.3) is 10.8 Å². The van der Waals surface area contributed by atoms with E-state index in [1.165, 1.54) is 11.8 Å². The number of halogens is 1. The maximum atomic E-state index is 14.8. The largest absolute Gasteiger partial charge is 0.382 e. The van der Waals surface area contributed by atoms with Gasteiger partial charge in [-0.2, -0.15) is 4.98 Å². The van der Waals surface area contributed by atoms with E-state index in [0.717, 1.165) is 16.5 Å². The smallest absolute Gasteiger partial charge is 0.227 e. The van der Waals surface area contributed by atoms with Gasteiger partial charge in [-0.3, -0.25) is 0 Å². The van der Waals surface area contributed by atoms with Gasteiger partial charge in [-0.1, -0.05) is 19.9 Å². The van der Waals surface area contributed by atoms with E-state index in [4.69, 9.17) is 14.5 Å². The molecular formula is C30H41FN6O4S. The molecule has 0 spiro atoms. The first-order valence-corrected chi connectivity index (χ1v) is 16.6. The number of nitrogens with one attached hydrogen (secondary N) is 1. The highest BCUT2D eigenvalue weighted by atomic mass is 32.2. The first kappa shape index (κ1) is 30.4. The molecule has 0 saturated carbocycles. The number of benzene rings is 1. The zero-order valence-electron chi connectivity index (χ0n) is 25.0. The van der Waals surface area contributed by atoms with Crippen LogP contribution in [-0.4, -0.2) is 93.7 Å². The number of sulfone groups is 1. The van der Waals surface area contributed by atoms with Crippen molar-refractivity contribution in [2.75, 3.05) is 67.1 Å². The van der Waals surface area contributed by atoms with Crippen molar-refractivity contribution >= 4 is 43.9 Å². The van der Waals surface area contributed by atoms with E-state index < -0.39 is 22.1 Å². The predicted octanol–water partition coefficient (Wildman–Crippen LogP) is 4.34. The summed E-state index contributed by atoms with van der Waals surface area (Å²) in [6.45, 7) is 8.68. The maximum absolute atomic E-state index is 14.8. The molecule has 3 aromatic rings. The number of piperidine rings is 1. The fourth-order valence-electron chi connectivity index (χ4n) is 5.89. The van der Waals surface area contributed by atoms with Crippen LogP contribution in [0.5, 0.6) is 0 Å². The summed E-state index contributed by atoms with van der Waals surface area (Å²) in [5, 5.41) is 5.43. The highest BCUT2D eigenvalue weighted by Crippen LogP contribution is 2.39. The van der Waals surface area contributed by atoms with Crippen molar-refractivity contribution in [1.82, 2.24) is 15.0 Å². The average molecular weight is 601 g/mol. The van der Waals surface area contributed by atoms with Gasteiger partial charge in [-0.25, -0.2) is 22.8 Å². The molecule has 1 N–H and O–H groups in total. The number of ether oxygens (including phenoxy) is 2. The quantitative estimate of drug-likeness (QED) is 0.319. The molecule has 2 aliphatic rings. The first-order valence-electron chi connectivity index (χ1n) is 14.5. The lowest BCUT2D eigenvalue weighted by atomic mass is 9.88. The molecule has 2 aliphatic heterocycles. The summed E-state index contributed by atoms with van der Waals surface area (Å²) in [7, 11) is -1.43. The fraction of sp³-hybridized carbons (Fsp3) is 0.567. The predicted molar refractivity (Wildman–Crippen MR) is 164 cm³/mol. The number of aromatic nitrogens is 3. The van der Waals surface area contributed by atoms with E-state index in [0.29, 0.717) is 56.2 Å². The lowest BCUT2D eigenvalue weighted by Crippen LogP contribution is -2.57. The van der Waals surface area contributed by atoms with E-state index >= 15 is 0 Å². The summed E-state index contributed by atoms with van der Waals surface area (Å²) in [5.74, 6) is 2.28. The van der Waals surface area contributed by atoms with Gasteiger partial charge in [0.25, 0.3) is 0 Å². The highest BCUT2D eigenvalue weighted by Gasteiger charge is 2.38. The Balaban J connectivity index is 1.33. The number of rotatable bonds is 11. The van der Waals surface area contributed by atoms with E-state index in [1.807, 2.05) is 17.2 Å². The highest BCUT2D eigenvalue weighted by molar-refractivity contribution is 7.90. The van der Waals surface area contributed by atoms with E-state index in [1.54, 1.807) is 19.4 Å². The number of alkyl halides is 1. The van der Waals surface area contributed by atoms with Crippen molar-refractivity contribution in [2.24, 2.45) is 5.92 Å². The van der Waals surface area contributed by atoms with Crippen LogP contribution in [0, 0.1) is 5.92 Å². The molecule has 0 unspecified atom stereocenters. The normalized spacial score (nSPS) is 22.9. The minimum absolute atomic E-state index is 0.113. The van der Waals surface area contributed by atoms with Crippen LogP contribution in [-0.2, 0) is 19.3 Å². The number of anilines is 4. The second-order valence-electron chi connectivity index (χ2n) is 11.7. The topological polar surface area (TPSA) is 110 Å². The van der Waals surface area contributed by atoms with Gasteiger partial charge in [0.05, 0.1) is 31.6 Å². The molecular weight excluding hydrogens is 559 g/mol. The summed E-state index contributed by atoms with van der Waals surface area (Å²) in [4.78, 5) is 17.9. The van der Waals surface area contributed by atoms with Gasteiger partial charge in [-0.15, -0.1) is 0 Å². The summed E-state index contributed by atoms with van der Waals surface area (Å²) in [5.41, 5.74) is 2.26. The number of hydrogen-bond donors (Lipinski definition) is 1. The van der Waals surface area contributed by atoms with Crippen molar-refractivity contribution in [2.45, 2.75) is 51.4 Å². The SMILES string of the molecule is COCCO[C@@H]1CCN(c2nccc(Nc3cc4c(C(C)C)ccc(N5C[C@H](CS(C)(=O)=O)[C@H]5C)c4cn3)n2)C[C@@H]1F. The van der Waals surface area contributed by atoms with Crippen LogP contribution in [0.1, 0.15) is 38.7 Å². The maximum Gasteiger partial charge on any atom is 0.227 e. The molecule has 2 saturated heterocycles. The van der Waals surface area contributed by atoms with Crippen molar-refractivity contribution in [1.29, 1.82) is 0 Å². The van der Waals surface area contributed by atoms with Crippen molar-refractivity contribution in [3.63, 3.8) is 0 Å². The molecule has 0 aliphatic carbocycles. The van der Waals surface area contributed by atoms with Gasteiger partial charge in [-0.05, 0) is 48.4 Å². The molecule has 0 radical (unpaired) electrons. The third-order valence-corrected chi connectivity index (χ3v) is 9.28. The Kier molecular flexibility index (Phi) is 9.14. The molecule has 1 aromatic carbocycles. The molecule has 228 valence electrons. The molecule has 4 atom stereocenters. The Morgan fingerprint density at radius 2 is 1.93 bits per heavy atom. The van der Waals surface area contributed by atoms with Crippen LogP contribution < -0.4 is 15.1 Å². The molecule has 12 heteroatoms. The lowest BCUT2D eigenvalue weighted by Gasteiger charge is -2.48. The van der Waals surface area contributed by atoms with Gasteiger partial charge in [0, 0.05) is 61.9 Å². The third kappa shape index (κ3) is 6.76. The number of nitrogens with zero attached hydrogens (tertiary/aromatic N) is 5. The monoisotopic (exact) mass is 600 g/mol. The standard InChI is InChI=1S/C30H41FN6O4S/c1-19(2)22-6-7-26(37-16-21(20(37)3)18-42(5,38)39)24-15-33-29(14-23(22)24)34-28-8-10-32-30(35-28)36-11-9-27(25(31)17-36)41-13-12-40-4/h6-8,10,14-15,19-21,25,27H,9,11-13,16-18H2,1-5H3,(H,32,33,34,35)/t20-,21-,25+,27-/m1/s1. The van der Waals surface area contributed by atoms with E-state index in [9.17, 15) is 12.8 Å².